The molecule has 1 heterocycles. The quantitative estimate of drug-likeness (QED) is 0.640. The van der Waals surface area contributed by atoms with Crippen LogP contribution in [0.4, 0.5) is 0 Å². The molecule has 1 aromatic carbocycles. The van der Waals surface area contributed by atoms with Gasteiger partial charge in [-0.05, 0) is 6.07 Å². The van der Waals surface area contributed by atoms with Gasteiger partial charge in [0.1, 0.15) is 12.1 Å². The number of carbonyl (C=O) groups is 1. The van der Waals surface area contributed by atoms with E-state index in [1.807, 2.05) is 0 Å². The fourth-order valence-electron chi connectivity index (χ4n) is 1.32. The van der Waals surface area contributed by atoms with Crippen molar-refractivity contribution >= 4 is 17.5 Å². The van der Waals surface area contributed by atoms with Crippen molar-refractivity contribution in [1.29, 1.82) is 10.5 Å². The second-order valence-corrected chi connectivity index (χ2v) is 4.09. The zero-order valence-electron chi connectivity index (χ0n) is 7.02. The molecule has 1 aromatic rings. The molecule has 1 aliphatic rings. The van der Waals surface area contributed by atoms with E-state index in [0.29, 0.717) is 10.5 Å². The van der Waals surface area contributed by atoms with Gasteiger partial charge in [-0.15, -0.1) is 0 Å². The molecule has 0 radical (unpaired) electrons. The first-order valence-electron chi connectivity index (χ1n) is 3.89. The van der Waals surface area contributed by atoms with E-state index >= 15 is 0 Å². The molecule has 0 saturated carbocycles. The number of nitriles is 2. The molecule has 3 nitrogen and oxygen atoms in total. The van der Waals surface area contributed by atoms with E-state index in [2.05, 4.69) is 0 Å². The van der Waals surface area contributed by atoms with Crippen LogP contribution in [0.15, 0.2) is 29.2 Å². The highest BCUT2D eigenvalue weighted by molar-refractivity contribution is 8.02. The van der Waals surface area contributed by atoms with Gasteiger partial charge in [0, 0.05) is 10.5 Å². The maximum absolute atomic E-state index is 11.7. The number of carbonyl (C=O) groups excluding carboxylic acids is 1. The first-order valence-corrected chi connectivity index (χ1v) is 4.70. The van der Waals surface area contributed by atoms with Crippen LogP contribution < -0.4 is 0 Å². The summed E-state index contributed by atoms with van der Waals surface area (Å²) in [5, 5.41) is 17.7. The number of thioether (sulfide) groups is 1. The van der Waals surface area contributed by atoms with Crippen molar-refractivity contribution in [1.82, 2.24) is 0 Å². The average molecular weight is 200 g/mol. The van der Waals surface area contributed by atoms with Crippen molar-refractivity contribution in [3.8, 4) is 12.1 Å². The molecular weight excluding hydrogens is 196 g/mol. The van der Waals surface area contributed by atoms with E-state index in [0.717, 1.165) is 11.8 Å². The molecule has 4 heteroatoms. The third kappa shape index (κ3) is 0.951. The summed E-state index contributed by atoms with van der Waals surface area (Å²) in [5.74, 6) is -0.400. The fourth-order valence-corrected chi connectivity index (χ4v) is 2.36. The van der Waals surface area contributed by atoms with Crippen LogP contribution >= 0.6 is 11.8 Å². The molecule has 0 aromatic heterocycles. The highest BCUT2D eigenvalue weighted by Crippen LogP contribution is 2.44. The van der Waals surface area contributed by atoms with Gasteiger partial charge in [0.15, 0.2) is 0 Å². The standard InChI is InChI=1S/C10H4N2OS/c11-5-10(6-12)9(13)7-3-1-2-4-8(7)14-10/h1-4H. The Labute approximate surface area is 85.0 Å². The number of fused-ring (bicyclic) bond motifs is 1. The van der Waals surface area contributed by atoms with Gasteiger partial charge in [-0.1, -0.05) is 30.0 Å². The van der Waals surface area contributed by atoms with E-state index in [1.165, 1.54) is 0 Å². The van der Waals surface area contributed by atoms with E-state index in [4.69, 9.17) is 10.5 Å². The van der Waals surface area contributed by atoms with Crippen LogP contribution in [0, 0.1) is 22.7 Å². The van der Waals surface area contributed by atoms with E-state index in [9.17, 15) is 4.79 Å². The van der Waals surface area contributed by atoms with Gasteiger partial charge in [0.25, 0.3) is 4.75 Å². The Morgan fingerprint density at radius 1 is 1.21 bits per heavy atom. The Hall–Kier alpha value is -1.78. The predicted octanol–water partition coefficient (Wildman–Crippen LogP) is 1.76. The van der Waals surface area contributed by atoms with Crippen molar-refractivity contribution in [3.63, 3.8) is 0 Å². The number of Topliss-reactive ketones (excluding diaryl/α,β-unsaturated/α-hetero) is 1. The lowest BCUT2D eigenvalue weighted by Gasteiger charge is -2.04. The lowest BCUT2D eigenvalue weighted by molar-refractivity contribution is 0.0986. The number of ketones is 1. The Bertz CT molecular complexity index is 482. The highest BCUT2D eigenvalue weighted by Gasteiger charge is 2.47. The van der Waals surface area contributed by atoms with Crippen LogP contribution in [0.3, 0.4) is 0 Å². The Morgan fingerprint density at radius 2 is 1.86 bits per heavy atom. The van der Waals surface area contributed by atoms with Crippen molar-refractivity contribution in [3.05, 3.63) is 29.8 Å². The van der Waals surface area contributed by atoms with Crippen LogP contribution in [0.5, 0.6) is 0 Å². The molecule has 66 valence electrons. The van der Waals surface area contributed by atoms with Crippen LogP contribution in [0.2, 0.25) is 0 Å². The summed E-state index contributed by atoms with van der Waals surface area (Å²) in [6, 6.07) is 10.4. The fraction of sp³-hybridized carbons (Fsp3) is 0.100. The molecule has 0 aliphatic carbocycles. The summed E-state index contributed by atoms with van der Waals surface area (Å²) >= 11 is 1.02. The summed E-state index contributed by atoms with van der Waals surface area (Å²) < 4.78 is -1.57. The average Bonchev–Trinajstić information content (AvgIpc) is 2.53. The number of hydrogen-bond donors (Lipinski definition) is 0. The van der Waals surface area contributed by atoms with Gasteiger partial charge in [-0.3, -0.25) is 4.79 Å². The Kier molecular flexibility index (Phi) is 1.80. The molecule has 14 heavy (non-hydrogen) atoms. The van der Waals surface area contributed by atoms with Gasteiger partial charge in [-0.25, -0.2) is 0 Å². The zero-order chi connectivity index (χ0) is 10.2. The molecule has 0 amide bonds. The van der Waals surface area contributed by atoms with Gasteiger partial charge in [0.2, 0.25) is 5.78 Å². The summed E-state index contributed by atoms with van der Waals surface area (Å²) in [6.07, 6.45) is 0. The molecule has 0 N–H and O–H groups in total. The SMILES string of the molecule is N#CC1(C#N)Sc2ccccc2C1=O. The smallest absolute Gasteiger partial charge is 0.255 e. The second-order valence-electron chi connectivity index (χ2n) is 2.83. The molecular formula is C10H4N2OS. The minimum atomic E-state index is -1.57. The van der Waals surface area contributed by atoms with Gasteiger partial charge in [-0.2, -0.15) is 10.5 Å². The van der Waals surface area contributed by atoms with Gasteiger partial charge < -0.3 is 0 Å². The van der Waals surface area contributed by atoms with Crippen molar-refractivity contribution in [2.24, 2.45) is 0 Å². The minimum absolute atomic E-state index is 0.400. The third-order valence-electron chi connectivity index (χ3n) is 2.03. The van der Waals surface area contributed by atoms with E-state index in [1.54, 1.807) is 36.4 Å². The van der Waals surface area contributed by atoms with Crippen molar-refractivity contribution in [2.75, 3.05) is 0 Å². The molecule has 0 fully saturated rings. The maximum Gasteiger partial charge on any atom is 0.255 e. The zero-order valence-corrected chi connectivity index (χ0v) is 7.84. The van der Waals surface area contributed by atoms with E-state index in [-0.39, 0.29) is 0 Å². The third-order valence-corrected chi connectivity index (χ3v) is 3.28. The number of rotatable bonds is 0. The number of hydrogen-bond acceptors (Lipinski definition) is 4. The van der Waals surface area contributed by atoms with Crippen molar-refractivity contribution in [2.45, 2.75) is 9.64 Å². The molecule has 0 saturated heterocycles. The van der Waals surface area contributed by atoms with Gasteiger partial charge >= 0.3 is 0 Å². The highest BCUT2D eigenvalue weighted by atomic mass is 32.2. The minimum Gasteiger partial charge on any atom is -0.290 e. The summed E-state index contributed by atoms with van der Waals surface area (Å²) in [6.45, 7) is 0. The Balaban J connectivity index is 2.62. The summed E-state index contributed by atoms with van der Waals surface area (Å²) in [4.78, 5) is 12.4. The van der Waals surface area contributed by atoms with Crippen LogP contribution in [0.25, 0.3) is 0 Å². The topological polar surface area (TPSA) is 64.7 Å². The number of benzene rings is 1. The summed E-state index contributed by atoms with van der Waals surface area (Å²) in [5.41, 5.74) is 0.473. The summed E-state index contributed by atoms with van der Waals surface area (Å²) in [7, 11) is 0. The molecule has 0 unspecified atom stereocenters. The van der Waals surface area contributed by atoms with Crippen LogP contribution in [0.1, 0.15) is 10.4 Å². The number of nitrogens with zero attached hydrogens (tertiary/aromatic N) is 2. The lowest BCUT2D eigenvalue weighted by atomic mass is 10.0. The molecule has 1 aliphatic heterocycles. The molecule has 0 bridgehead atoms. The van der Waals surface area contributed by atoms with Crippen LogP contribution in [-0.4, -0.2) is 10.5 Å². The molecule has 2 rings (SSSR count). The first-order chi connectivity index (χ1) is 6.73. The maximum atomic E-state index is 11.7. The monoisotopic (exact) mass is 200 g/mol. The largest absolute Gasteiger partial charge is 0.290 e. The van der Waals surface area contributed by atoms with Gasteiger partial charge in [0.05, 0.1) is 0 Å². The molecule has 0 atom stereocenters. The lowest BCUT2D eigenvalue weighted by Crippen LogP contribution is -2.26. The van der Waals surface area contributed by atoms with Crippen LogP contribution in [-0.2, 0) is 0 Å². The first kappa shape index (κ1) is 8.80. The normalized spacial score (nSPS) is 16.9. The van der Waals surface area contributed by atoms with Crippen molar-refractivity contribution < 1.29 is 4.79 Å². The molecule has 0 spiro atoms. The predicted molar refractivity (Wildman–Crippen MR) is 50.6 cm³/mol. The van der Waals surface area contributed by atoms with E-state index < -0.39 is 10.5 Å². The Morgan fingerprint density at radius 3 is 2.43 bits per heavy atom. The second kappa shape index (κ2) is 2.87.